The molecule has 1 aliphatic rings. The van der Waals surface area contributed by atoms with Crippen LogP contribution in [0.25, 0.3) is 16.7 Å². The zero-order valence-corrected chi connectivity index (χ0v) is 20.0. The highest BCUT2D eigenvalue weighted by atomic mass is 35.5. The van der Waals surface area contributed by atoms with Crippen molar-refractivity contribution in [1.82, 2.24) is 34.5 Å². The number of halogens is 1. The molecule has 0 aliphatic carbocycles. The molecule has 1 saturated heterocycles. The SMILES string of the molecule is CN=C[C@@H]1CCN(c2ncc3ncnc(Nc4ccc(Oc5ccn6ncnc6c5)c(Cl)c4)c3n2)C1. The minimum absolute atomic E-state index is 0.403. The number of aliphatic imine (C=N–C) groups is 1. The molecule has 1 aliphatic heterocycles. The molecule has 12 heteroatoms. The number of nitrogens with one attached hydrogen (secondary N) is 1. The Balaban J connectivity index is 1.24. The minimum atomic E-state index is 0.403. The van der Waals surface area contributed by atoms with E-state index in [1.165, 1.54) is 12.7 Å². The molecule has 0 saturated carbocycles. The van der Waals surface area contributed by atoms with Gasteiger partial charge in [-0.05, 0) is 30.7 Å². The van der Waals surface area contributed by atoms with Gasteiger partial charge in [0.05, 0.1) is 11.2 Å². The van der Waals surface area contributed by atoms with E-state index in [-0.39, 0.29) is 0 Å². The summed E-state index contributed by atoms with van der Waals surface area (Å²) < 4.78 is 7.62. The summed E-state index contributed by atoms with van der Waals surface area (Å²) in [6, 6.07) is 9.02. The van der Waals surface area contributed by atoms with E-state index in [0.29, 0.717) is 50.9 Å². The van der Waals surface area contributed by atoms with Gasteiger partial charge < -0.3 is 19.9 Å². The third-order valence-electron chi connectivity index (χ3n) is 5.91. The summed E-state index contributed by atoms with van der Waals surface area (Å²) in [6.07, 6.45) is 9.48. The first-order valence-electron chi connectivity index (χ1n) is 11.3. The van der Waals surface area contributed by atoms with Gasteiger partial charge in [-0.1, -0.05) is 11.6 Å². The van der Waals surface area contributed by atoms with Crippen LogP contribution >= 0.6 is 11.6 Å². The molecule has 0 amide bonds. The van der Waals surface area contributed by atoms with Gasteiger partial charge in [0.25, 0.3) is 0 Å². The van der Waals surface area contributed by atoms with E-state index < -0.39 is 0 Å². The molecule has 6 rings (SSSR count). The molecule has 4 aromatic heterocycles. The number of hydrogen-bond donors (Lipinski definition) is 1. The Kier molecular flexibility index (Phi) is 5.74. The van der Waals surface area contributed by atoms with Crippen molar-refractivity contribution in [1.29, 1.82) is 0 Å². The fourth-order valence-corrected chi connectivity index (χ4v) is 4.39. The third kappa shape index (κ3) is 4.36. The van der Waals surface area contributed by atoms with Gasteiger partial charge in [-0.3, -0.25) is 0 Å². The van der Waals surface area contributed by atoms with E-state index in [1.807, 2.05) is 12.3 Å². The van der Waals surface area contributed by atoms with Crippen LogP contribution in [-0.4, -0.2) is 60.9 Å². The zero-order valence-electron chi connectivity index (χ0n) is 19.3. The maximum absolute atomic E-state index is 6.54. The van der Waals surface area contributed by atoms with Gasteiger partial charge in [0.1, 0.15) is 35.2 Å². The predicted octanol–water partition coefficient (Wildman–Crippen LogP) is 4.18. The van der Waals surface area contributed by atoms with E-state index in [1.54, 1.807) is 48.2 Å². The second-order valence-corrected chi connectivity index (χ2v) is 8.73. The first-order valence-corrected chi connectivity index (χ1v) is 11.7. The van der Waals surface area contributed by atoms with E-state index in [9.17, 15) is 0 Å². The maximum atomic E-state index is 6.54. The highest BCUT2D eigenvalue weighted by Crippen LogP contribution is 2.33. The standard InChI is InChI=1S/C24H21ClN10O/c1-26-10-15-4-6-34(12-15)24-27-11-19-22(33-24)23(30-13-28-19)32-16-2-3-20(18(25)8-16)36-17-5-7-35-21(9-17)29-14-31-35/h2-3,5,7-11,13-15H,4,6,12H2,1H3,(H,28,30,32)/t15-/m0/s1. The summed E-state index contributed by atoms with van der Waals surface area (Å²) in [5, 5.41) is 7.83. The van der Waals surface area contributed by atoms with Gasteiger partial charge in [-0.15, -0.1) is 0 Å². The van der Waals surface area contributed by atoms with Crippen LogP contribution in [0.5, 0.6) is 11.5 Å². The van der Waals surface area contributed by atoms with Crippen molar-refractivity contribution in [2.24, 2.45) is 10.9 Å². The van der Waals surface area contributed by atoms with Crippen LogP contribution in [0.1, 0.15) is 6.42 Å². The molecular weight excluding hydrogens is 480 g/mol. The number of anilines is 3. The molecule has 1 atom stereocenters. The van der Waals surface area contributed by atoms with Crippen molar-refractivity contribution in [3.63, 3.8) is 0 Å². The molecule has 1 fully saturated rings. The van der Waals surface area contributed by atoms with Crippen molar-refractivity contribution >= 4 is 51.9 Å². The molecule has 5 aromatic rings. The highest BCUT2D eigenvalue weighted by Gasteiger charge is 2.23. The average molecular weight is 501 g/mol. The van der Waals surface area contributed by atoms with Crippen LogP contribution in [0, 0.1) is 5.92 Å². The summed E-state index contributed by atoms with van der Waals surface area (Å²) in [5.74, 6) is 2.75. The summed E-state index contributed by atoms with van der Waals surface area (Å²) in [6.45, 7) is 1.71. The van der Waals surface area contributed by atoms with Gasteiger partial charge >= 0.3 is 0 Å². The van der Waals surface area contributed by atoms with E-state index in [0.717, 1.165) is 25.2 Å². The molecule has 0 unspecified atom stereocenters. The normalized spacial score (nSPS) is 15.8. The number of rotatable bonds is 6. The van der Waals surface area contributed by atoms with Crippen molar-refractivity contribution in [3.05, 3.63) is 60.4 Å². The van der Waals surface area contributed by atoms with Crippen LogP contribution in [0.4, 0.5) is 17.5 Å². The van der Waals surface area contributed by atoms with Crippen molar-refractivity contribution in [2.75, 3.05) is 30.4 Å². The highest BCUT2D eigenvalue weighted by molar-refractivity contribution is 6.32. The lowest BCUT2D eigenvalue weighted by atomic mass is 10.1. The monoisotopic (exact) mass is 500 g/mol. The molecule has 180 valence electrons. The third-order valence-corrected chi connectivity index (χ3v) is 6.20. The van der Waals surface area contributed by atoms with Crippen LogP contribution < -0.4 is 15.0 Å². The lowest BCUT2D eigenvalue weighted by molar-refractivity contribution is 0.482. The van der Waals surface area contributed by atoms with Crippen molar-refractivity contribution < 1.29 is 4.74 Å². The number of benzene rings is 1. The Bertz CT molecular complexity index is 1590. The first kappa shape index (κ1) is 22.1. The Morgan fingerprint density at radius 3 is 2.97 bits per heavy atom. The maximum Gasteiger partial charge on any atom is 0.226 e. The number of fused-ring (bicyclic) bond motifs is 2. The molecule has 0 bridgehead atoms. The van der Waals surface area contributed by atoms with Crippen LogP contribution in [-0.2, 0) is 0 Å². The van der Waals surface area contributed by atoms with Gasteiger partial charge in [0, 0.05) is 50.2 Å². The van der Waals surface area contributed by atoms with E-state index in [2.05, 4.69) is 40.2 Å². The second kappa shape index (κ2) is 9.34. The number of nitrogens with zero attached hydrogens (tertiary/aromatic N) is 9. The van der Waals surface area contributed by atoms with Gasteiger partial charge in [-0.25, -0.2) is 29.4 Å². The fourth-order valence-electron chi connectivity index (χ4n) is 4.18. The van der Waals surface area contributed by atoms with E-state index in [4.69, 9.17) is 21.3 Å². The fraction of sp³-hybridized carbons (Fsp3) is 0.208. The Hall–Kier alpha value is -4.38. The lowest BCUT2D eigenvalue weighted by Crippen LogP contribution is -2.22. The molecule has 1 aromatic carbocycles. The van der Waals surface area contributed by atoms with Crippen LogP contribution in [0.3, 0.4) is 0 Å². The number of pyridine rings is 1. The summed E-state index contributed by atoms with van der Waals surface area (Å²) in [7, 11) is 1.80. The first-order chi connectivity index (χ1) is 17.7. The Labute approximate surface area is 210 Å². The average Bonchev–Trinajstić information content (AvgIpc) is 3.55. The minimum Gasteiger partial charge on any atom is -0.456 e. The largest absolute Gasteiger partial charge is 0.456 e. The molecular formula is C24H21ClN10O. The summed E-state index contributed by atoms with van der Waals surface area (Å²) in [5.41, 5.74) is 2.70. The number of ether oxygens (including phenoxy) is 1. The van der Waals surface area contributed by atoms with Gasteiger partial charge in [0.2, 0.25) is 5.95 Å². The Morgan fingerprint density at radius 1 is 1.14 bits per heavy atom. The van der Waals surface area contributed by atoms with Gasteiger partial charge in [0.15, 0.2) is 11.5 Å². The van der Waals surface area contributed by atoms with Crippen molar-refractivity contribution in [2.45, 2.75) is 6.42 Å². The van der Waals surface area contributed by atoms with Crippen molar-refractivity contribution in [3.8, 4) is 11.5 Å². The lowest BCUT2D eigenvalue weighted by Gasteiger charge is -2.16. The summed E-state index contributed by atoms with van der Waals surface area (Å²) in [4.78, 5) is 28.5. The molecule has 36 heavy (non-hydrogen) atoms. The smallest absolute Gasteiger partial charge is 0.226 e. The molecule has 0 radical (unpaired) electrons. The Morgan fingerprint density at radius 2 is 2.08 bits per heavy atom. The zero-order chi connectivity index (χ0) is 24.5. The molecule has 11 nitrogen and oxygen atoms in total. The number of aromatic nitrogens is 7. The molecule has 5 heterocycles. The molecule has 0 spiro atoms. The quantitative estimate of drug-likeness (QED) is 0.342. The van der Waals surface area contributed by atoms with E-state index >= 15 is 0 Å². The topological polar surface area (TPSA) is 119 Å². The summed E-state index contributed by atoms with van der Waals surface area (Å²) >= 11 is 6.54. The number of hydrogen-bond acceptors (Lipinski definition) is 10. The second-order valence-electron chi connectivity index (χ2n) is 8.33. The predicted molar refractivity (Wildman–Crippen MR) is 138 cm³/mol. The van der Waals surface area contributed by atoms with Crippen LogP contribution in [0.2, 0.25) is 5.02 Å². The molecule has 1 N–H and O–H groups in total. The van der Waals surface area contributed by atoms with Crippen LogP contribution in [0.15, 0.2) is 60.4 Å². The van der Waals surface area contributed by atoms with Gasteiger partial charge in [-0.2, -0.15) is 5.10 Å².